The highest BCUT2D eigenvalue weighted by Gasteiger charge is 2.30. The smallest absolute Gasteiger partial charge is 0.410 e. The van der Waals surface area contributed by atoms with Crippen LogP contribution in [0.4, 0.5) is 22.4 Å². The second-order valence-corrected chi connectivity index (χ2v) is 10.6. The third-order valence-corrected chi connectivity index (χ3v) is 6.66. The van der Waals surface area contributed by atoms with Crippen molar-refractivity contribution >= 4 is 17.1 Å². The number of hydrogen-bond acceptors (Lipinski definition) is 6. The lowest BCUT2D eigenvalue weighted by atomic mass is 10.0. The lowest BCUT2D eigenvalue weighted by Crippen LogP contribution is -2.43. The standard InChI is InChI=1S/C27H27F4N5O4/c1-27(2,3)40-26(38)34-10-8-18(9-11-34)36-20-7-6-17(28)13-21(20)35(25(36)37)14-16-5-4-15(12-19(16)29)23-32-33-24(39-23)22(30)31/h4-7,12-13,18,22H,8-11,14H2,1-3H3. The number of imidazole rings is 1. The predicted octanol–water partition coefficient (Wildman–Crippen LogP) is 5.69. The number of fused-ring (bicyclic) bond motifs is 1. The van der Waals surface area contributed by atoms with Gasteiger partial charge >= 0.3 is 18.2 Å². The molecule has 13 heteroatoms. The average Bonchev–Trinajstić information content (AvgIpc) is 3.48. The van der Waals surface area contributed by atoms with Gasteiger partial charge in [0.1, 0.15) is 17.2 Å². The van der Waals surface area contributed by atoms with Crippen molar-refractivity contribution in [1.82, 2.24) is 24.2 Å². The first kappa shape index (κ1) is 27.4. The monoisotopic (exact) mass is 561 g/mol. The van der Waals surface area contributed by atoms with E-state index < -0.39 is 41.3 Å². The number of rotatable bonds is 5. The maximum atomic E-state index is 15.1. The number of aromatic nitrogens is 4. The molecule has 4 aromatic rings. The molecule has 1 saturated heterocycles. The van der Waals surface area contributed by atoms with Gasteiger partial charge in [-0.3, -0.25) is 9.13 Å². The second-order valence-electron chi connectivity index (χ2n) is 10.6. The number of piperidine rings is 1. The van der Waals surface area contributed by atoms with Crippen LogP contribution < -0.4 is 5.69 Å². The molecule has 2 aromatic heterocycles. The van der Waals surface area contributed by atoms with Crippen LogP contribution in [0.5, 0.6) is 0 Å². The SMILES string of the molecule is CC(C)(C)OC(=O)N1CCC(n2c(=O)n(Cc3ccc(-c4nnc(C(F)F)o4)cc3F)c3cc(F)ccc32)CC1. The van der Waals surface area contributed by atoms with Crippen LogP contribution in [0.3, 0.4) is 0 Å². The zero-order valence-electron chi connectivity index (χ0n) is 22.0. The lowest BCUT2D eigenvalue weighted by Gasteiger charge is -2.33. The van der Waals surface area contributed by atoms with Gasteiger partial charge in [0.25, 0.3) is 5.89 Å². The number of amides is 1. The highest BCUT2D eigenvalue weighted by molar-refractivity contribution is 5.76. The number of benzene rings is 2. The molecule has 0 unspecified atom stereocenters. The fourth-order valence-electron chi connectivity index (χ4n) is 4.81. The number of alkyl halides is 2. The number of carbonyl (C=O) groups excluding carboxylic acids is 1. The molecule has 2 aromatic carbocycles. The number of nitrogens with zero attached hydrogens (tertiary/aromatic N) is 5. The molecule has 0 saturated carbocycles. The fraction of sp³-hybridized carbons (Fsp3) is 0.407. The summed E-state index contributed by atoms with van der Waals surface area (Å²) in [4.78, 5) is 27.7. The molecular formula is C27H27F4N5O4. The molecule has 0 bridgehead atoms. The van der Waals surface area contributed by atoms with E-state index in [0.29, 0.717) is 37.0 Å². The van der Waals surface area contributed by atoms with Crippen molar-refractivity contribution in [3.05, 3.63) is 70.0 Å². The normalized spacial score (nSPS) is 14.8. The molecule has 0 aliphatic carbocycles. The van der Waals surface area contributed by atoms with Gasteiger partial charge in [-0.25, -0.2) is 18.4 Å². The highest BCUT2D eigenvalue weighted by atomic mass is 19.3. The van der Waals surface area contributed by atoms with Crippen molar-refractivity contribution in [2.75, 3.05) is 13.1 Å². The first-order valence-electron chi connectivity index (χ1n) is 12.7. The molecule has 1 fully saturated rings. The van der Waals surface area contributed by atoms with Crippen molar-refractivity contribution in [2.24, 2.45) is 0 Å². The molecular weight excluding hydrogens is 534 g/mol. The van der Waals surface area contributed by atoms with E-state index in [4.69, 9.17) is 9.15 Å². The Hall–Kier alpha value is -4.16. The van der Waals surface area contributed by atoms with Crippen molar-refractivity contribution in [1.29, 1.82) is 0 Å². The van der Waals surface area contributed by atoms with Crippen LogP contribution in [0.25, 0.3) is 22.5 Å². The molecule has 3 heterocycles. The minimum atomic E-state index is -2.96. The van der Waals surface area contributed by atoms with Gasteiger partial charge in [0, 0.05) is 30.3 Å². The van der Waals surface area contributed by atoms with E-state index in [0.717, 1.165) is 6.07 Å². The zero-order valence-corrected chi connectivity index (χ0v) is 22.0. The van der Waals surface area contributed by atoms with Crippen LogP contribution in [-0.2, 0) is 11.3 Å². The third kappa shape index (κ3) is 5.45. The maximum absolute atomic E-state index is 15.1. The predicted molar refractivity (Wildman–Crippen MR) is 136 cm³/mol. The molecule has 0 spiro atoms. The van der Waals surface area contributed by atoms with Crippen LogP contribution in [0.2, 0.25) is 0 Å². The Bertz CT molecular complexity index is 1610. The quantitative estimate of drug-likeness (QED) is 0.291. The van der Waals surface area contributed by atoms with Gasteiger partial charge in [0.05, 0.1) is 17.6 Å². The van der Waals surface area contributed by atoms with Crippen molar-refractivity contribution in [2.45, 2.75) is 58.2 Å². The zero-order chi connectivity index (χ0) is 28.8. The van der Waals surface area contributed by atoms with Crippen LogP contribution >= 0.6 is 0 Å². The first-order chi connectivity index (χ1) is 18.9. The summed E-state index contributed by atoms with van der Waals surface area (Å²) >= 11 is 0. The fourth-order valence-corrected chi connectivity index (χ4v) is 4.81. The van der Waals surface area contributed by atoms with E-state index >= 15 is 4.39 Å². The van der Waals surface area contributed by atoms with Gasteiger partial charge < -0.3 is 14.1 Å². The number of likely N-dealkylation sites (tertiary alicyclic amines) is 1. The molecule has 1 aliphatic heterocycles. The summed E-state index contributed by atoms with van der Waals surface area (Å²) in [7, 11) is 0. The van der Waals surface area contributed by atoms with E-state index in [1.807, 2.05) is 0 Å². The Morgan fingerprint density at radius 1 is 1.07 bits per heavy atom. The number of hydrogen-bond donors (Lipinski definition) is 0. The summed E-state index contributed by atoms with van der Waals surface area (Å²) in [6, 6.07) is 7.57. The Kier molecular flexibility index (Phi) is 7.15. The van der Waals surface area contributed by atoms with Crippen LogP contribution in [0, 0.1) is 11.6 Å². The van der Waals surface area contributed by atoms with Crippen molar-refractivity contribution in [3.8, 4) is 11.5 Å². The summed E-state index contributed by atoms with van der Waals surface area (Å²) in [6.45, 7) is 5.90. The summed E-state index contributed by atoms with van der Waals surface area (Å²) in [6.07, 6.45) is -2.43. The number of ether oxygens (including phenoxy) is 1. The first-order valence-corrected chi connectivity index (χ1v) is 12.7. The number of halogens is 4. The minimum absolute atomic E-state index is 0.0956. The molecule has 1 amide bonds. The summed E-state index contributed by atoms with van der Waals surface area (Å²) in [5.41, 5.74) is -0.0826. The molecule has 0 N–H and O–H groups in total. The van der Waals surface area contributed by atoms with Gasteiger partial charge in [-0.05, 0) is 63.9 Å². The largest absolute Gasteiger partial charge is 0.444 e. The van der Waals surface area contributed by atoms with Crippen molar-refractivity contribution < 1.29 is 31.5 Å². The van der Waals surface area contributed by atoms with Gasteiger partial charge in [-0.2, -0.15) is 8.78 Å². The van der Waals surface area contributed by atoms with Crippen LogP contribution in [0.15, 0.2) is 45.6 Å². The Morgan fingerprint density at radius 3 is 2.42 bits per heavy atom. The third-order valence-electron chi connectivity index (χ3n) is 6.66. The highest BCUT2D eigenvalue weighted by Crippen LogP contribution is 2.29. The average molecular weight is 562 g/mol. The Morgan fingerprint density at radius 2 is 1.80 bits per heavy atom. The molecule has 9 nitrogen and oxygen atoms in total. The molecule has 0 atom stereocenters. The van der Waals surface area contributed by atoms with Gasteiger partial charge in [0.15, 0.2) is 0 Å². The van der Waals surface area contributed by atoms with Crippen LogP contribution in [-0.4, -0.2) is 49.0 Å². The molecule has 1 aliphatic rings. The van der Waals surface area contributed by atoms with Crippen LogP contribution in [0.1, 0.15) is 57.5 Å². The van der Waals surface area contributed by atoms with Gasteiger partial charge in [-0.15, -0.1) is 10.2 Å². The second kappa shape index (κ2) is 10.4. The lowest BCUT2D eigenvalue weighted by molar-refractivity contribution is 0.0188. The van der Waals surface area contributed by atoms with Gasteiger partial charge in [-0.1, -0.05) is 6.07 Å². The van der Waals surface area contributed by atoms with E-state index in [-0.39, 0.29) is 29.6 Å². The Labute approximate surface area is 226 Å². The number of carbonyl (C=O) groups is 1. The summed E-state index contributed by atoms with van der Waals surface area (Å²) in [5.74, 6) is -2.43. The summed E-state index contributed by atoms with van der Waals surface area (Å²) in [5, 5.41) is 6.76. The van der Waals surface area contributed by atoms with Gasteiger partial charge in [0.2, 0.25) is 5.89 Å². The molecule has 40 heavy (non-hydrogen) atoms. The molecule has 5 rings (SSSR count). The minimum Gasteiger partial charge on any atom is -0.444 e. The topological polar surface area (TPSA) is 95.4 Å². The summed E-state index contributed by atoms with van der Waals surface area (Å²) < 4.78 is 68.1. The van der Waals surface area contributed by atoms with Crippen molar-refractivity contribution in [3.63, 3.8) is 0 Å². The Balaban J connectivity index is 1.42. The van der Waals surface area contributed by atoms with E-state index in [2.05, 4.69) is 10.2 Å². The van der Waals surface area contributed by atoms with E-state index in [9.17, 15) is 22.8 Å². The molecule has 212 valence electrons. The van der Waals surface area contributed by atoms with E-state index in [1.165, 1.54) is 34.9 Å². The molecule has 0 radical (unpaired) electrons. The maximum Gasteiger partial charge on any atom is 0.410 e. The van der Waals surface area contributed by atoms with E-state index in [1.54, 1.807) is 30.2 Å².